The van der Waals surface area contributed by atoms with Crippen molar-refractivity contribution in [1.82, 2.24) is 9.80 Å². The summed E-state index contributed by atoms with van der Waals surface area (Å²) in [5.74, 6) is -1.54. The van der Waals surface area contributed by atoms with Gasteiger partial charge in [0.2, 0.25) is 17.7 Å². The van der Waals surface area contributed by atoms with Crippen LogP contribution in [0.3, 0.4) is 0 Å². The molecule has 3 aliphatic heterocycles. The molecule has 1 aliphatic carbocycles. The third kappa shape index (κ3) is 5.82. The lowest BCUT2D eigenvalue weighted by molar-refractivity contribution is -0.154. The maximum Gasteiger partial charge on any atom is 0.248 e. The van der Waals surface area contributed by atoms with Gasteiger partial charge in [-0.25, -0.2) is 0 Å². The van der Waals surface area contributed by atoms with Crippen LogP contribution in [-0.4, -0.2) is 88.8 Å². The Labute approximate surface area is 268 Å². The highest BCUT2D eigenvalue weighted by Gasteiger charge is 2.75. The minimum absolute atomic E-state index is 0.0560. The highest BCUT2D eigenvalue weighted by Crippen LogP contribution is 2.60. The maximum atomic E-state index is 14.9. The van der Waals surface area contributed by atoms with Crippen molar-refractivity contribution in [2.45, 2.75) is 102 Å². The number of likely N-dealkylation sites (tertiary alicyclic amines) is 1. The molecular weight excluding hydrogens is 570 g/mol. The maximum absolute atomic E-state index is 14.9. The summed E-state index contributed by atoms with van der Waals surface area (Å²) in [7, 11) is 0. The highest BCUT2D eigenvalue weighted by atomic mass is 16.5. The molecule has 0 aromatic heterocycles. The number of hydrogen-bond donors (Lipinski definition) is 1. The summed E-state index contributed by atoms with van der Waals surface area (Å²) in [4.78, 5) is 49.4. The van der Waals surface area contributed by atoms with E-state index in [0.29, 0.717) is 37.4 Å². The summed E-state index contributed by atoms with van der Waals surface area (Å²) >= 11 is 0. The number of nitrogens with zero attached hydrogens (tertiary/aromatic N) is 3. The van der Waals surface area contributed by atoms with Crippen molar-refractivity contribution in [3.8, 4) is 5.75 Å². The van der Waals surface area contributed by atoms with Crippen molar-refractivity contribution in [2.75, 3.05) is 31.2 Å². The van der Waals surface area contributed by atoms with E-state index in [1.807, 2.05) is 49.9 Å². The molecule has 7 atom stereocenters. The van der Waals surface area contributed by atoms with E-state index in [-0.39, 0.29) is 42.8 Å². The molecule has 2 unspecified atom stereocenters. The van der Waals surface area contributed by atoms with Gasteiger partial charge in [-0.05, 0) is 62.8 Å². The van der Waals surface area contributed by atoms with Gasteiger partial charge in [0.25, 0.3) is 0 Å². The van der Waals surface area contributed by atoms with E-state index in [2.05, 4.69) is 13.2 Å². The first-order valence-electron chi connectivity index (χ1n) is 16.9. The summed E-state index contributed by atoms with van der Waals surface area (Å²) in [6.07, 6.45) is 9.86. The fourth-order valence-corrected chi connectivity index (χ4v) is 8.45. The third-order valence-electron chi connectivity index (χ3n) is 10.8. The van der Waals surface area contributed by atoms with Crippen LogP contribution in [0.4, 0.5) is 5.69 Å². The Morgan fingerprint density at radius 2 is 1.78 bits per heavy atom. The molecule has 2 bridgehead atoms. The van der Waals surface area contributed by atoms with Crippen LogP contribution in [0.5, 0.6) is 5.75 Å². The first kappa shape index (κ1) is 33.2. The van der Waals surface area contributed by atoms with Gasteiger partial charge in [-0.1, -0.05) is 51.7 Å². The molecule has 45 heavy (non-hydrogen) atoms. The third-order valence-corrected chi connectivity index (χ3v) is 10.8. The van der Waals surface area contributed by atoms with Gasteiger partial charge in [0.15, 0.2) is 0 Å². The molecule has 4 aliphatic rings. The van der Waals surface area contributed by atoms with E-state index >= 15 is 0 Å². The first-order valence-corrected chi connectivity index (χ1v) is 16.9. The molecule has 0 radical (unpaired) electrons. The van der Waals surface area contributed by atoms with Crippen molar-refractivity contribution < 1.29 is 29.0 Å². The highest BCUT2D eigenvalue weighted by molar-refractivity contribution is 6.03. The average molecular weight is 622 g/mol. The molecular formula is C36H51N3O6. The van der Waals surface area contributed by atoms with Gasteiger partial charge in [0, 0.05) is 24.8 Å². The van der Waals surface area contributed by atoms with E-state index in [4.69, 9.17) is 9.47 Å². The van der Waals surface area contributed by atoms with Crippen LogP contribution in [0.15, 0.2) is 49.6 Å². The second-order valence-electron chi connectivity index (χ2n) is 13.2. The topological polar surface area (TPSA) is 99.6 Å². The molecule has 246 valence electrons. The zero-order valence-corrected chi connectivity index (χ0v) is 27.2. The molecule has 1 N–H and O–H groups in total. The van der Waals surface area contributed by atoms with Crippen molar-refractivity contribution in [3.05, 3.63) is 49.6 Å². The van der Waals surface area contributed by atoms with Crippen molar-refractivity contribution in [3.63, 3.8) is 0 Å². The van der Waals surface area contributed by atoms with E-state index in [0.717, 1.165) is 38.5 Å². The van der Waals surface area contributed by atoms with Gasteiger partial charge < -0.3 is 29.3 Å². The molecule has 1 spiro atoms. The Balaban J connectivity index is 1.55. The number of rotatable bonds is 14. The fourth-order valence-electron chi connectivity index (χ4n) is 8.45. The first-order chi connectivity index (χ1) is 21.8. The minimum atomic E-state index is -1.13. The predicted molar refractivity (Wildman–Crippen MR) is 174 cm³/mol. The second-order valence-corrected chi connectivity index (χ2v) is 13.2. The van der Waals surface area contributed by atoms with Crippen LogP contribution in [0.25, 0.3) is 0 Å². The predicted octanol–water partition coefficient (Wildman–Crippen LogP) is 4.73. The van der Waals surface area contributed by atoms with Crippen LogP contribution >= 0.6 is 0 Å². The number of amides is 3. The fraction of sp³-hybridized carbons (Fsp3) is 0.639. The van der Waals surface area contributed by atoms with E-state index < -0.39 is 35.6 Å². The van der Waals surface area contributed by atoms with Crippen molar-refractivity contribution in [1.29, 1.82) is 0 Å². The van der Waals surface area contributed by atoms with Gasteiger partial charge in [0.1, 0.15) is 17.4 Å². The Morgan fingerprint density at radius 1 is 1.09 bits per heavy atom. The lowest BCUT2D eigenvalue weighted by atomic mass is 9.70. The van der Waals surface area contributed by atoms with Gasteiger partial charge in [-0.15, -0.1) is 13.2 Å². The van der Waals surface area contributed by atoms with Crippen molar-refractivity contribution >= 4 is 23.4 Å². The summed E-state index contributed by atoms with van der Waals surface area (Å²) in [5, 5.41) is 10.7. The smallest absolute Gasteiger partial charge is 0.248 e. The minimum Gasteiger partial charge on any atom is -0.494 e. The second kappa shape index (κ2) is 14.1. The number of benzene rings is 1. The number of fused-ring (bicyclic) bond motifs is 1. The van der Waals surface area contributed by atoms with E-state index in [1.165, 1.54) is 0 Å². The molecule has 3 saturated heterocycles. The molecule has 1 aromatic carbocycles. The zero-order chi connectivity index (χ0) is 32.3. The standard InChI is InChI=1S/C36H51N3O6/c1-6-21-37(26-15-17-27(18-16-26)44-9-4)33(41)30-29-19-20-36(45-29)31(30)34(42)39(28(23-40)24(5)8-3)32(36)35(43)38(22-7-2)25-13-11-10-12-14-25/h6-7,15-18,24-25,28-32,40H,1-2,8-14,19-23H2,3-5H3/t24-,28-,29+,30-,31-,32?,36?/m0/s1. The zero-order valence-electron chi connectivity index (χ0n) is 27.2. The van der Waals surface area contributed by atoms with Gasteiger partial charge >= 0.3 is 0 Å². The van der Waals surface area contributed by atoms with Crippen LogP contribution in [0.1, 0.15) is 72.1 Å². The monoisotopic (exact) mass is 621 g/mol. The number of hydrogen-bond acceptors (Lipinski definition) is 6. The summed E-state index contributed by atoms with van der Waals surface area (Å²) in [6, 6.07) is 5.92. The molecule has 3 heterocycles. The Kier molecular flexibility index (Phi) is 10.4. The number of carbonyl (C=O) groups excluding carboxylic acids is 3. The number of carbonyl (C=O) groups is 3. The lowest BCUT2D eigenvalue weighted by Gasteiger charge is -2.43. The summed E-state index contributed by atoms with van der Waals surface area (Å²) in [6.45, 7) is 14.7. The average Bonchev–Trinajstić information content (AvgIpc) is 3.71. The molecule has 1 saturated carbocycles. The van der Waals surface area contributed by atoms with Crippen molar-refractivity contribution in [2.24, 2.45) is 17.8 Å². The van der Waals surface area contributed by atoms with E-state index in [1.54, 1.807) is 22.0 Å². The molecule has 3 amide bonds. The Hall–Kier alpha value is -3.17. The Bertz CT molecular complexity index is 1250. The number of aliphatic hydroxyl groups is 1. The molecule has 9 nitrogen and oxygen atoms in total. The lowest BCUT2D eigenvalue weighted by Crippen LogP contribution is -2.61. The molecule has 1 aromatic rings. The Morgan fingerprint density at radius 3 is 2.38 bits per heavy atom. The molecule has 4 fully saturated rings. The van der Waals surface area contributed by atoms with E-state index in [9.17, 15) is 19.5 Å². The van der Waals surface area contributed by atoms with Gasteiger partial charge in [-0.2, -0.15) is 0 Å². The molecule has 5 rings (SSSR count). The SMILES string of the molecule is C=CCN(C(=O)[C@@H]1[C@H]2C(=O)N([C@@H](CO)[C@@H](C)CC)C(C(=O)N(CC=C)C3CCCCC3)C23CC[C@H]1O3)c1ccc(OCC)cc1. The van der Waals surface area contributed by atoms with Gasteiger partial charge in [0.05, 0.1) is 37.2 Å². The van der Waals surface area contributed by atoms with Crippen LogP contribution in [0, 0.1) is 17.8 Å². The quantitative estimate of drug-likeness (QED) is 0.302. The largest absolute Gasteiger partial charge is 0.494 e. The summed E-state index contributed by atoms with van der Waals surface area (Å²) in [5.41, 5.74) is -0.454. The van der Waals surface area contributed by atoms with Crippen LogP contribution in [0.2, 0.25) is 0 Å². The van der Waals surface area contributed by atoms with Gasteiger partial charge in [-0.3, -0.25) is 14.4 Å². The normalized spacial score (nSPS) is 28.8. The summed E-state index contributed by atoms with van der Waals surface area (Å²) < 4.78 is 12.4. The number of ether oxygens (including phenoxy) is 2. The van der Waals surface area contributed by atoms with Crippen LogP contribution in [-0.2, 0) is 19.1 Å². The molecule has 9 heteroatoms. The number of aliphatic hydroxyl groups excluding tert-OH is 1. The number of anilines is 1. The van der Waals surface area contributed by atoms with Crippen LogP contribution < -0.4 is 9.64 Å².